The largest absolute Gasteiger partial charge is 0.287 e. The molecule has 0 fully saturated rings. The third-order valence-electron chi connectivity index (χ3n) is 1.97. The van der Waals surface area contributed by atoms with E-state index in [1.165, 1.54) is 23.5 Å². The van der Waals surface area contributed by atoms with Crippen molar-refractivity contribution in [1.82, 2.24) is 4.98 Å². The summed E-state index contributed by atoms with van der Waals surface area (Å²) in [6.07, 6.45) is 0. The van der Waals surface area contributed by atoms with Crippen LogP contribution in [0.25, 0.3) is 0 Å². The molecule has 0 unspecified atom stereocenters. The van der Waals surface area contributed by atoms with Gasteiger partial charge in [-0.2, -0.15) is 0 Å². The zero-order chi connectivity index (χ0) is 10.8. The Morgan fingerprint density at radius 1 is 1.40 bits per heavy atom. The predicted molar refractivity (Wildman–Crippen MR) is 56.7 cm³/mol. The Hall–Kier alpha value is -1.55. The maximum absolute atomic E-state index is 13.3. The smallest absolute Gasteiger partial charge is 0.215 e. The van der Waals surface area contributed by atoms with Gasteiger partial charge in [-0.1, -0.05) is 12.1 Å². The highest BCUT2D eigenvalue weighted by atomic mass is 32.1. The third kappa shape index (κ3) is 1.94. The SMILES string of the molecule is Cc1nc(C(=O)c2ccccc2F)cs1. The Labute approximate surface area is 90.4 Å². The van der Waals surface area contributed by atoms with Gasteiger partial charge in [0.05, 0.1) is 10.6 Å². The molecule has 0 amide bonds. The molecule has 0 aliphatic rings. The number of carbonyl (C=O) groups is 1. The zero-order valence-corrected chi connectivity index (χ0v) is 8.84. The minimum atomic E-state index is -0.506. The van der Waals surface area contributed by atoms with Crippen LogP contribution >= 0.6 is 11.3 Å². The molecule has 0 atom stereocenters. The number of halogens is 1. The molecular formula is C11H8FNOS. The highest BCUT2D eigenvalue weighted by molar-refractivity contribution is 7.09. The minimum absolute atomic E-state index is 0.0720. The molecule has 0 N–H and O–H groups in total. The van der Waals surface area contributed by atoms with Crippen molar-refractivity contribution in [2.75, 3.05) is 0 Å². The summed E-state index contributed by atoms with van der Waals surface area (Å²) in [5, 5.41) is 2.44. The standard InChI is InChI=1S/C11H8FNOS/c1-7-13-10(6-15-7)11(14)8-4-2-3-5-9(8)12/h2-6H,1H3. The predicted octanol–water partition coefficient (Wildman–Crippen LogP) is 2.82. The first-order valence-electron chi connectivity index (χ1n) is 4.40. The summed E-state index contributed by atoms with van der Waals surface area (Å²) in [5.41, 5.74) is 0.380. The van der Waals surface area contributed by atoms with Gasteiger partial charge in [-0.05, 0) is 19.1 Å². The third-order valence-corrected chi connectivity index (χ3v) is 2.74. The van der Waals surface area contributed by atoms with E-state index in [0.717, 1.165) is 5.01 Å². The van der Waals surface area contributed by atoms with Crippen molar-refractivity contribution in [2.45, 2.75) is 6.92 Å². The van der Waals surface area contributed by atoms with Gasteiger partial charge in [-0.25, -0.2) is 9.37 Å². The van der Waals surface area contributed by atoms with Gasteiger partial charge in [-0.15, -0.1) is 11.3 Å². The molecule has 4 heteroatoms. The summed E-state index contributed by atoms with van der Waals surface area (Å²) in [5.74, 6) is -0.870. The fraction of sp³-hybridized carbons (Fsp3) is 0.0909. The maximum atomic E-state index is 13.3. The van der Waals surface area contributed by atoms with E-state index in [1.54, 1.807) is 17.5 Å². The first-order chi connectivity index (χ1) is 7.18. The van der Waals surface area contributed by atoms with Crippen LogP contribution in [0.3, 0.4) is 0 Å². The summed E-state index contributed by atoms with van der Waals surface area (Å²) in [4.78, 5) is 15.8. The van der Waals surface area contributed by atoms with Crippen molar-refractivity contribution in [3.63, 3.8) is 0 Å². The summed E-state index contributed by atoms with van der Waals surface area (Å²) in [6, 6.07) is 5.92. The minimum Gasteiger partial charge on any atom is -0.287 e. The normalized spacial score (nSPS) is 10.3. The van der Waals surface area contributed by atoms with Gasteiger partial charge in [0.15, 0.2) is 0 Å². The van der Waals surface area contributed by atoms with E-state index in [1.807, 2.05) is 6.92 Å². The molecule has 0 radical (unpaired) electrons. The molecule has 0 saturated carbocycles. The van der Waals surface area contributed by atoms with E-state index in [9.17, 15) is 9.18 Å². The molecule has 2 aromatic rings. The summed E-state index contributed by atoms with van der Waals surface area (Å²) in [6.45, 7) is 1.81. The monoisotopic (exact) mass is 221 g/mol. The van der Waals surface area contributed by atoms with E-state index in [-0.39, 0.29) is 11.3 Å². The molecule has 1 heterocycles. The lowest BCUT2D eigenvalue weighted by Crippen LogP contribution is -2.04. The molecule has 0 bridgehead atoms. The second kappa shape index (κ2) is 3.90. The van der Waals surface area contributed by atoms with E-state index in [0.29, 0.717) is 5.69 Å². The second-order valence-electron chi connectivity index (χ2n) is 3.06. The number of ketones is 1. The first kappa shape index (κ1) is 9.98. The van der Waals surface area contributed by atoms with Gasteiger partial charge in [0, 0.05) is 5.38 Å². The Kier molecular flexibility index (Phi) is 2.60. The lowest BCUT2D eigenvalue weighted by atomic mass is 10.1. The quantitative estimate of drug-likeness (QED) is 0.730. The number of thiazole rings is 1. The summed E-state index contributed by atoms with van der Waals surface area (Å²) in [7, 11) is 0. The highest BCUT2D eigenvalue weighted by Crippen LogP contribution is 2.15. The fourth-order valence-electron chi connectivity index (χ4n) is 1.25. The van der Waals surface area contributed by atoms with Gasteiger partial charge >= 0.3 is 0 Å². The van der Waals surface area contributed by atoms with E-state index in [2.05, 4.69) is 4.98 Å². The van der Waals surface area contributed by atoms with E-state index >= 15 is 0 Å². The Morgan fingerprint density at radius 2 is 2.13 bits per heavy atom. The Bertz CT molecular complexity index is 507. The number of aryl methyl sites for hydroxylation is 1. The fourth-order valence-corrected chi connectivity index (χ4v) is 1.84. The second-order valence-corrected chi connectivity index (χ2v) is 4.12. The van der Waals surface area contributed by atoms with Crippen LogP contribution < -0.4 is 0 Å². The number of aromatic nitrogens is 1. The molecule has 0 spiro atoms. The van der Waals surface area contributed by atoms with Crippen LogP contribution in [-0.2, 0) is 0 Å². The zero-order valence-electron chi connectivity index (χ0n) is 8.03. The van der Waals surface area contributed by atoms with Gasteiger partial charge in [0.2, 0.25) is 5.78 Å². The molecule has 15 heavy (non-hydrogen) atoms. The Morgan fingerprint density at radius 3 is 2.73 bits per heavy atom. The molecule has 76 valence electrons. The topological polar surface area (TPSA) is 30.0 Å². The molecule has 2 rings (SSSR count). The van der Waals surface area contributed by atoms with Crippen molar-refractivity contribution in [2.24, 2.45) is 0 Å². The van der Waals surface area contributed by atoms with Crippen LogP contribution in [0.4, 0.5) is 4.39 Å². The van der Waals surface area contributed by atoms with Crippen molar-refractivity contribution in [1.29, 1.82) is 0 Å². The Balaban J connectivity index is 2.41. The number of carbonyl (C=O) groups excluding carboxylic acids is 1. The first-order valence-corrected chi connectivity index (χ1v) is 5.28. The van der Waals surface area contributed by atoms with Crippen LogP contribution in [-0.4, -0.2) is 10.8 Å². The molecule has 1 aromatic carbocycles. The van der Waals surface area contributed by atoms with Crippen molar-refractivity contribution in [3.05, 3.63) is 51.7 Å². The van der Waals surface area contributed by atoms with E-state index in [4.69, 9.17) is 0 Å². The molecule has 2 nitrogen and oxygen atoms in total. The summed E-state index contributed by atoms with van der Waals surface area (Å²) < 4.78 is 13.3. The van der Waals surface area contributed by atoms with Gasteiger partial charge in [-0.3, -0.25) is 4.79 Å². The molecule has 1 aromatic heterocycles. The number of hydrogen-bond acceptors (Lipinski definition) is 3. The van der Waals surface area contributed by atoms with Gasteiger partial charge < -0.3 is 0 Å². The lowest BCUT2D eigenvalue weighted by molar-refractivity contribution is 0.103. The lowest BCUT2D eigenvalue weighted by Gasteiger charge is -1.98. The van der Waals surface area contributed by atoms with Crippen molar-refractivity contribution in [3.8, 4) is 0 Å². The van der Waals surface area contributed by atoms with Crippen LogP contribution in [0.5, 0.6) is 0 Å². The molecular weight excluding hydrogens is 213 g/mol. The van der Waals surface area contributed by atoms with Crippen LogP contribution in [0.15, 0.2) is 29.6 Å². The molecule has 0 aliphatic heterocycles. The van der Waals surface area contributed by atoms with Gasteiger partial charge in [0.25, 0.3) is 0 Å². The van der Waals surface area contributed by atoms with Crippen molar-refractivity contribution >= 4 is 17.1 Å². The van der Waals surface area contributed by atoms with Crippen LogP contribution in [0, 0.1) is 12.7 Å². The van der Waals surface area contributed by atoms with Crippen LogP contribution in [0.1, 0.15) is 21.1 Å². The van der Waals surface area contributed by atoms with Crippen molar-refractivity contribution < 1.29 is 9.18 Å². The average Bonchev–Trinajstić information content (AvgIpc) is 2.65. The summed E-state index contributed by atoms with van der Waals surface area (Å²) >= 11 is 1.38. The average molecular weight is 221 g/mol. The number of benzene rings is 1. The van der Waals surface area contributed by atoms with Crippen LogP contribution in [0.2, 0.25) is 0 Å². The molecule has 0 aliphatic carbocycles. The molecule has 0 saturated heterocycles. The number of hydrogen-bond donors (Lipinski definition) is 0. The number of nitrogens with zero attached hydrogens (tertiary/aromatic N) is 1. The maximum Gasteiger partial charge on any atom is 0.215 e. The van der Waals surface area contributed by atoms with Gasteiger partial charge in [0.1, 0.15) is 11.5 Å². The highest BCUT2D eigenvalue weighted by Gasteiger charge is 2.15. The van der Waals surface area contributed by atoms with E-state index < -0.39 is 5.82 Å². The number of rotatable bonds is 2.